The smallest absolute Gasteiger partial charge is 0.273 e. The van der Waals surface area contributed by atoms with E-state index in [-0.39, 0.29) is 5.91 Å². The second kappa shape index (κ2) is 10.7. The van der Waals surface area contributed by atoms with E-state index in [1.807, 2.05) is 40.6 Å². The predicted molar refractivity (Wildman–Crippen MR) is 129 cm³/mol. The van der Waals surface area contributed by atoms with Crippen molar-refractivity contribution >= 4 is 17.2 Å². The maximum absolute atomic E-state index is 13.2. The van der Waals surface area contributed by atoms with Gasteiger partial charge in [0.15, 0.2) is 11.5 Å². The van der Waals surface area contributed by atoms with E-state index >= 15 is 0 Å². The van der Waals surface area contributed by atoms with Crippen LogP contribution in [0, 0.1) is 0 Å². The highest BCUT2D eigenvalue weighted by atomic mass is 32.1. The van der Waals surface area contributed by atoms with Crippen LogP contribution in [0.3, 0.4) is 0 Å². The normalized spacial score (nSPS) is 14.6. The third-order valence-electron chi connectivity index (χ3n) is 5.80. The van der Waals surface area contributed by atoms with Gasteiger partial charge in [0.1, 0.15) is 16.5 Å². The first kappa shape index (κ1) is 23.1. The van der Waals surface area contributed by atoms with Crippen molar-refractivity contribution in [2.45, 2.75) is 13.0 Å². The molecular weight excluding hydrogens is 438 g/mol. The number of amides is 1. The number of rotatable bonds is 7. The van der Waals surface area contributed by atoms with Crippen LogP contribution in [0.1, 0.15) is 22.5 Å². The van der Waals surface area contributed by atoms with Gasteiger partial charge in [-0.2, -0.15) is 0 Å². The molecule has 1 aliphatic rings. The zero-order chi connectivity index (χ0) is 23.2. The van der Waals surface area contributed by atoms with Gasteiger partial charge >= 0.3 is 0 Å². The van der Waals surface area contributed by atoms with Crippen LogP contribution in [0.2, 0.25) is 0 Å². The summed E-state index contributed by atoms with van der Waals surface area (Å²) in [5, 5.41) is 2.57. The van der Waals surface area contributed by atoms with Crippen LogP contribution in [0.25, 0.3) is 10.6 Å². The molecule has 0 unspecified atom stereocenters. The number of hydrogen-bond acceptors (Lipinski definition) is 7. The summed E-state index contributed by atoms with van der Waals surface area (Å²) in [4.78, 5) is 22.1. The third kappa shape index (κ3) is 5.29. The Hall–Kier alpha value is -3.10. The lowest BCUT2D eigenvalue weighted by Gasteiger charge is -2.21. The van der Waals surface area contributed by atoms with Crippen molar-refractivity contribution in [3.8, 4) is 27.8 Å². The molecule has 2 heterocycles. The van der Waals surface area contributed by atoms with Gasteiger partial charge in [0.25, 0.3) is 5.91 Å². The average Bonchev–Trinajstić information content (AvgIpc) is 3.24. The second-order valence-corrected chi connectivity index (χ2v) is 8.71. The van der Waals surface area contributed by atoms with E-state index in [0.29, 0.717) is 23.7 Å². The van der Waals surface area contributed by atoms with E-state index < -0.39 is 0 Å². The number of carbonyl (C=O) groups is 1. The number of methoxy groups -OCH3 is 3. The monoisotopic (exact) mass is 467 g/mol. The molecule has 0 aliphatic carbocycles. The SMILES string of the molecule is COc1ccc(CN2CCCN(C(=O)c3csc(-c4cccc(OC)c4OC)n3)CC2)cc1. The standard InChI is InChI=1S/C25H29N3O4S/c1-30-19-10-8-18(9-11-19)16-27-12-5-13-28(15-14-27)25(29)21-17-33-24(26-21)20-6-4-7-22(31-2)23(20)32-3/h4,6-11,17H,5,12-16H2,1-3H3. The van der Waals surface area contributed by atoms with Crippen LogP contribution in [0.5, 0.6) is 17.2 Å². The van der Waals surface area contributed by atoms with Gasteiger partial charge in [-0.05, 0) is 36.2 Å². The molecule has 4 rings (SSSR count). The fraction of sp³-hybridized carbons (Fsp3) is 0.360. The molecule has 3 aromatic rings. The summed E-state index contributed by atoms with van der Waals surface area (Å²) in [6, 6.07) is 13.8. The minimum absolute atomic E-state index is 0.0225. The number of thiazole rings is 1. The Morgan fingerprint density at radius 3 is 2.52 bits per heavy atom. The fourth-order valence-electron chi connectivity index (χ4n) is 4.03. The minimum atomic E-state index is -0.0225. The first-order chi connectivity index (χ1) is 16.1. The summed E-state index contributed by atoms with van der Waals surface area (Å²) in [7, 11) is 4.89. The minimum Gasteiger partial charge on any atom is -0.497 e. The lowest BCUT2D eigenvalue weighted by Crippen LogP contribution is -2.35. The highest BCUT2D eigenvalue weighted by Crippen LogP contribution is 2.39. The van der Waals surface area contributed by atoms with Crippen LogP contribution in [0.4, 0.5) is 0 Å². The topological polar surface area (TPSA) is 64.1 Å². The molecule has 0 bridgehead atoms. The molecule has 0 spiro atoms. The summed E-state index contributed by atoms with van der Waals surface area (Å²) in [6.07, 6.45) is 0.933. The van der Waals surface area contributed by atoms with Crippen molar-refractivity contribution in [1.82, 2.24) is 14.8 Å². The fourth-order valence-corrected chi connectivity index (χ4v) is 4.85. The average molecular weight is 468 g/mol. The summed E-state index contributed by atoms with van der Waals surface area (Å²) < 4.78 is 16.2. The Labute approximate surface area is 198 Å². The number of carbonyl (C=O) groups excluding carboxylic acids is 1. The van der Waals surface area contributed by atoms with Gasteiger partial charge in [-0.3, -0.25) is 9.69 Å². The van der Waals surface area contributed by atoms with Crippen LogP contribution in [0.15, 0.2) is 47.8 Å². The van der Waals surface area contributed by atoms with Crippen molar-refractivity contribution in [2.75, 3.05) is 47.5 Å². The van der Waals surface area contributed by atoms with Gasteiger partial charge in [0.2, 0.25) is 0 Å². The van der Waals surface area contributed by atoms with Gasteiger partial charge in [0.05, 0.1) is 26.9 Å². The molecule has 1 fully saturated rings. The van der Waals surface area contributed by atoms with E-state index in [1.165, 1.54) is 16.9 Å². The van der Waals surface area contributed by atoms with Crippen LogP contribution >= 0.6 is 11.3 Å². The lowest BCUT2D eigenvalue weighted by atomic mass is 10.2. The maximum atomic E-state index is 13.2. The first-order valence-electron chi connectivity index (χ1n) is 10.9. The van der Waals surface area contributed by atoms with Crippen LogP contribution < -0.4 is 14.2 Å². The highest BCUT2D eigenvalue weighted by Gasteiger charge is 2.23. The number of aromatic nitrogens is 1. The highest BCUT2D eigenvalue weighted by molar-refractivity contribution is 7.13. The molecule has 0 radical (unpaired) electrons. The van der Waals surface area contributed by atoms with Crippen molar-refractivity contribution in [3.63, 3.8) is 0 Å². The van der Waals surface area contributed by atoms with E-state index in [0.717, 1.165) is 48.9 Å². The van der Waals surface area contributed by atoms with Crippen molar-refractivity contribution < 1.29 is 19.0 Å². The molecule has 1 saturated heterocycles. The molecule has 0 saturated carbocycles. The largest absolute Gasteiger partial charge is 0.497 e. The molecular formula is C25H29N3O4S. The Morgan fingerprint density at radius 2 is 1.79 bits per heavy atom. The summed E-state index contributed by atoms with van der Waals surface area (Å²) in [5.74, 6) is 2.10. The molecule has 8 heteroatoms. The van der Waals surface area contributed by atoms with Crippen molar-refractivity contribution in [3.05, 3.63) is 59.1 Å². The number of ether oxygens (including phenoxy) is 3. The molecule has 1 aliphatic heterocycles. The molecule has 2 aromatic carbocycles. The number of hydrogen-bond donors (Lipinski definition) is 0. The molecule has 1 aromatic heterocycles. The molecule has 33 heavy (non-hydrogen) atoms. The molecule has 174 valence electrons. The molecule has 0 atom stereocenters. The molecule has 7 nitrogen and oxygen atoms in total. The van der Waals surface area contributed by atoms with E-state index in [1.54, 1.807) is 21.3 Å². The summed E-state index contributed by atoms with van der Waals surface area (Å²) in [6.45, 7) is 4.07. The second-order valence-electron chi connectivity index (χ2n) is 7.85. The maximum Gasteiger partial charge on any atom is 0.273 e. The Balaban J connectivity index is 1.41. The van der Waals surface area contributed by atoms with Crippen LogP contribution in [-0.2, 0) is 6.54 Å². The summed E-state index contributed by atoms with van der Waals surface area (Å²) >= 11 is 1.44. The number of benzene rings is 2. The summed E-state index contributed by atoms with van der Waals surface area (Å²) in [5.41, 5.74) is 2.54. The Bertz CT molecular complexity index is 1080. The third-order valence-corrected chi connectivity index (χ3v) is 6.67. The van der Waals surface area contributed by atoms with Gasteiger partial charge in [-0.15, -0.1) is 11.3 Å². The number of nitrogens with zero attached hydrogens (tertiary/aromatic N) is 3. The van der Waals surface area contributed by atoms with Crippen molar-refractivity contribution in [1.29, 1.82) is 0 Å². The zero-order valence-corrected chi connectivity index (χ0v) is 20.1. The van der Waals surface area contributed by atoms with E-state index in [4.69, 9.17) is 14.2 Å². The van der Waals surface area contributed by atoms with Gasteiger partial charge in [-0.1, -0.05) is 18.2 Å². The lowest BCUT2D eigenvalue weighted by molar-refractivity contribution is 0.0756. The zero-order valence-electron chi connectivity index (χ0n) is 19.2. The Kier molecular flexibility index (Phi) is 7.47. The van der Waals surface area contributed by atoms with Gasteiger partial charge in [-0.25, -0.2) is 4.98 Å². The van der Waals surface area contributed by atoms with Gasteiger partial charge < -0.3 is 19.1 Å². The predicted octanol–water partition coefficient (Wildman–Crippen LogP) is 4.18. The first-order valence-corrected chi connectivity index (χ1v) is 11.8. The quantitative estimate of drug-likeness (QED) is 0.519. The van der Waals surface area contributed by atoms with Gasteiger partial charge in [0, 0.05) is 38.1 Å². The van der Waals surface area contributed by atoms with E-state index in [9.17, 15) is 4.79 Å². The molecule has 0 N–H and O–H groups in total. The van der Waals surface area contributed by atoms with E-state index in [2.05, 4.69) is 22.0 Å². The Morgan fingerprint density at radius 1 is 0.970 bits per heavy atom. The van der Waals surface area contributed by atoms with Crippen LogP contribution in [-0.4, -0.2) is 68.2 Å². The number of para-hydroxylation sites is 1. The van der Waals surface area contributed by atoms with Crippen molar-refractivity contribution in [2.24, 2.45) is 0 Å². The molecule has 1 amide bonds.